The molecule has 1 N–H and O–H groups in total. The Bertz CT molecular complexity index is 381. The van der Waals surface area contributed by atoms with Gasteiger partial charge in [-0.15, -0.1) is 0 Å². The lowest BCUT2D eigenvalue weighted by Crippen LogP contribution is -2.30. The van der Waals surface area contributed by atoms with Crippen molar-refractivity contribution in [2.24, 2.45) is 11.8 Å². The lowest BCUT2D eigenvalue weighted by molar-refractivity contribution is 0.317. The second-order valence-electron chi connectivity index (χ2n) is 6.40. The maximum atomic E-state index is 3.73. The van der Waals surface area contributed by atoms with Gasteiger partial charge in [0.05, 0.1) is 0 Å². The highest BCUT2D eigenvalue weighted by molar-refractivity contribution is 5.22. The lowest BCUT2D eigenvalue weighted by Gasteiger charge is -2.24. The summed E-state index contributed by atoms with van der Waals surface area (Å²) in [5.41, 5.74) is 2.89. The molecule has 1 aliphatic rings. The van der Waals surface area contributed by atoms with Crippen LogP contribution in [-0.2, 0) is 6.42 Å². The van der Waals surface area contributed by atoms with E-state index in [0.717, 1.165) is 17.9 Å². The van der Waals surface area contributed by atoms with Crippen molar-refractivity contribution >= 4 is 0 Å². The molecule has 106 valence electrons. The van der Waals surface area contributed by atoms with Gasteiger partial charge in [0.1, 0.15) is 0 Å². The summed E-state index contributed by atoms with van der Waals surface area (Å²) >= 11 is 0. The van der Waals surface area contributed by atoms with Crippen molar-refractivity contribution in [1.29, 1.82) is 0 Å². The van der Waals surface area contributed by atoms with Gasteiger partial charge in [-0.1, -0.05) is 56.5 Å². The van der Waals surface area contributed by atoms with Crippen LogP contribution in [0, 0.1) is 18.8 Å². The Morgan fingerprint density at radius 3 is 2.74 bits per heavy atom. The molecule has 0 aliphatic heterocycles. The SMILES string of the molecule is CCCC(C)C(CNC1CC1)Cc1cccc(C)c1. The molecule has 0 amide bonds. The van der Waals surface area contributed by atoms with Crippen LogP contribution in [0.15, 0.2) is 24.3 Å². The Hall–Kier alpha value is -0.820. The van der Waals surface area contributed by atoms with Crippen molar-refractivity contribution in [3.8, 4) is 0 Å². The van der Waals surface area contributed by atoms with E-state index in [1.54, 1.807) is 0 Å². The van der Waals surface area contributed by atoms with E-state index in [2.05, 4.69) is 50.4 Å². The first-order valence-electron chi connectivity index (χ1n) is 7.98. The van der Waals surface area contributed by atoms with Gasteiger partial charge in [0.2, 0.25) is 0 Å². The molecule has 2 unspecified atom stereocenters. The first-order valence-corrected chi connectivity index (χ1v) is 7.98. The number of hydrogen-bond acceptors (Lipinski definition) is 1. The summed E-state index contributed by atoms with van der Waals surface area (Å²) in [6.07, 6.45) is 6.65. The zero-order valence-corrected chi connectivity index (χ0v) is 12.8. The van der Waals surface area contributed by atoms with Gasteiger partial charge in [0.15, 0.2) is 0 Å². The summed E-state index contributed by atoms with van der Waals surface area (Å²) in [5, 5.41) is 3.73. The fraction of sp³-hybridized carbons (Fsp3) is 0.667. The third kappa shape index (κ3) is 4.99. The highest BCUT2D eigenvalue weighted by Crippen LogP contribution is 2.24. The minimum absolute atomic E-state index is 0.780. The van der Waals surface area contributed by atoms with Gasteiger partial charge in [0.25, 0.3) is 0 Å². The molecule has 1 saturated carbocycles. The predicted octanol–water partition coefficient (Wildman–Crippen LogP) is 4.34. The van der Waals surface area contributed by atoms with Crippen molar-refractivity contribution in [2.45, 2.75) is 58.9 Å². The standard InChI is InChI=1S/C18H29N/c1-4-6-15(3)17(13-19-18-9-10-18)12-16-8-5-7-14(2)11-16/h5,7-8,11,15,17-19H,4,6,9-10,12-13H2,1-3H3. The monoisotopic (exact) mass is 259 g/mol. The fourth-order valence-electron chi connectivity index (χ4n) is 2.91. The van der Waals surface area contributed by atoms with E-state index in [0.29, 0.717) is 0 Å². The fourth-order valence-corrected chi connectivity index (χ4v) is 2.91. The van der Waals surface area contributed by atoms with Gasteiger partial charge >= 0.3 is 0 Å². The van der Waals surface area contributed by atoms with Crippen molar-refractivity contribution in [3.63, 3.8) is 0 Å². The smallest absolute Gasteiger partial charge is 0.00683 e. The normalized spacial score (nSPS) is 18.3. The quantitative estimate of drug-likeness (QED) is 0.732. The Morgan fingerprint density at radius 1 is 1.32 bits per heavy atom. The van der Waals surface area contributed by atoms with Crippen LogP contribution >= 0.6 is 0 Å². The maximum absolute atomic E-state index is 3.73. The molecule has 1 fully saturated rings. The molecule has 1 aromatic rings. The maximum Gasteiger partial charge on any atom is 0.00683 e. The van der Waals surface area contributed by atoms with Crippen LogP contribution in [0.4, 0.5) is 0 Å². The van der Waals surface area contributed by atoms with Gasteiger partial charge in [0, 0.05) is 6.04 Å². The van der Waals surface area contributed by atoms with Crippen molar-refractivity contribution < 1.29 is 0 Å². The summed E-state index contributed by atoms with van der Waals surface area (Å²) in [7, 11) is 0. The summed E-state index contributed by atoms with van der Waals surface area (Å²) in [6.45, 7) is 8.11. The molecule has 0 bridgehead atoms. The van der Waals surface area contributed by atoms with Crippen molar-refractivity contribution in [3.05, 3.63) is 35.4 Å². The number of aryl methyl sites for hydroxylation is 1. The molecule has 1 aliphatic carbocycles. The van der Waals surface area contributed by atoms with Gasteiger partial charge in [-0.25, -0.2) is 0 Å². The summed E-state index contributed by atoms with van der Waals surface area (Å²) in [4.78, 5) is 0. The van der Waals surface area contributed by atoms with Crippen LogP contribution in [0.5, 0.6) is 0 Å². The van der Waals surface area contributed by atoms with Crippen LogP contribution in [0.3, 0.4) is 0 Å². The topological polar surface area (TPSA) is 12.0 Å². The first-order chi connectivity index (χ1) is 9.19. The molecule has 1 aromatic carbocycles. The number of nitrogens with one attached hydrogen (secondary N) is 1. The molecule has 2 atom stereocenters. The highest BCUT2D eigenvalue weighted by Gasteiger charge is 2.24. The van der Waals surface area contributed by atoms with Crippen molar-refractivity contribution in [2.75, 3.05) is 6.54 Å². The molecule has 1 heteroatoms. The van der Waals surface area contributed by atoms with Crippen LogP contribution in [-0.4, -0.2) is 12.6 Å². The van der Waals surface area contributed by atoms with Crippen LogP contribution in [0.1, 0.15) is 50.7 Å². The molecule has 19 heavy (non-hydrogen) atoms. The Morgan fingerprint density at radius 2 is 2.11 bits per heavy atom. The van der Waals surface area contributed by atoms with E-state index >= 15 is 0 Å². The average molecular weight is 259 g/mol. The molecule has 0 heterocycles. The third-order valence-electron chi connectivity index (χ3n) is 4.38. The van der Waals surface area contributed by atoms with Gasteiger partial charge in [-0.3, -0.25) is 0 Å². The Kier molecular flexibility index (Phi) is 5.45. The minimum atomic E-state index is 0.780. The number of benzene rings is 1. The molecular formula is C18H29N. The van der Waals surface area contributed by atoms with Crippen LogP contribution in [0.2, 0.25) is 0 Å². The summed E-state index contributed by atoms with van der Waals surface area (Å²) in [6, 6.07) is 9.85. The van der Waals surface area contributed by atoms with E-state index in [-0.39, 0.29) is 0 Å². The van der Waals surface area contributed by atoms with Crippen molar-refractivity contribution in [1.82, 2.24) is 5.32 Å². The van der Waals surface area contributed by atoms with E-state index in [1.807, 2.05) is 0 Å². The molecule has 0 spiro atoms. The Labute approximate surface area is 118 Å². The molecule has 0 aromatic heterocycles. The second-order valence-corrected chi connectivity index (χ2v) is 6.40. The molecule has 0 saturated heterocycles. The molecular weight excluding hydrogens is 230 g/mol. The average Bonchev–Trinajstić information content (AvgIpc) is 3.18. The summed E-state index contributed by atoms with van der Waals surface area (Å²) in [5.74, 6) is 1.60. The minimum Gasteiger partial charge on any atom is -0.314 e. The van der Waals surface area contributed by atoms with Crippen LogP contribution < -0.4 is 5.32 Å². The van der Waals surface area contributed by atoms with Gasteiger partial charge in [-0.05, 0) is 50.1 Å². The molecule has 0 radical (unpaired) electrons. The first kappa shape index (κ1) is 14.6. The molecule has 1 nitrogen and oxygen atoms in total. The highest BCUT2D eigenvalue weighted by atomic mass is 14.9. The lowest BCUT2D eigenvalue weighted by atomic mass is 9.85. The second kappa shape index (κ2) is 7.09. The number of hydrogen-bond donors (Lipinski definition) is 1. The van der Waals surface area contributed by atoms with E-state index in [4.69, 9.17) is 0 Å². The Balaban J connectivity index is 1.94. The zero-order chi connectivity index (χ0) is 13.7. The number of rotatable bonds is 8. The third-order valence-corrected chi connectivity index (χ3v) is 4.38. The van der Waals surface area contributed by atoms with E-state index in [1.165, 1.54) is 49.8 Å². The molecule has 2 rings (SSSR count). The van der Waals surface area contributed by atoms with Gasteiger partial charge < -0.3 is 5.32 Å². The largest absolute Gasteiger partial charge is 0.314 e. The van der Waals surface area contributed by atoms with E-state index in [9.17, 15) is 0 Å². The summed E-state index contributed by atoms with van der Waals surface area (Å²) < 4.78 is 0. The van der Waals surface area contributed by atoms with Crippen LogP contribution in [0.25, 0.3) is 0 Å². The van der Waals surface area contributed by atoms with E-state index < -0.39 is 0 Å². The predicted molar refractivity (Wildman–Crippen MR) is 83.5 cm³/mol. The zero-order valence-electron chi connectivity index (χ0n) is 12.8. The van der Waals surface area contributed by atoms with Gasteiger partial charge in [-0.2, -0.15) is 0 Å².